The summed E-state index contributed by atoms with van der Waals surface area (Å²) < 4.78 is 5.40. The lowest BCUT2D eigenvalue weighted by atomic mass is 10.0. The number of carbonyl (C=O) groups excluding carboxylic acids is 1. The number of amides is 1. The summed E-state index contributed by atoms with van der Waals surface area (Å²) in [6, 6.07) is 4.78. The molecule has 9 heteroatoms. The van der Waals surface area contributed by atoms with Crippen LogP contribution in [0.5, 0.6) is 0 Å². The smallest absolute Gasteiger partial charge is 0.410 e. The molecule has 3 rings (SSSR count). The van der Waals surface area contributed by atoms with Crippen molar-refractivity contribution in [3.8, 4) is 0 Å². The molecule has 2 N–H and O–H groups in total. The molecule has 3 heterocycles. The van der Waals surface area contributed by atoms with Gasteiger partial charge >= 0.3 is 12.1 Å². The molecule has 0 bridgehead atoms. The second-order valence-corrected chi connectivity index (χ2v) is 8.14. The normalized spacial score (nSPS) is 15.5. The summed E-state index contributed by atoms with van der Waals surface area (Å²) in [5.74, 6) is -0.801. The maximum atomic E-state index is 12.2. The largest absolute Gasteiger partial charge is 0.478 e. The molecule has 1 saturated heterocycles. The number of rotatable bonds is 3. The van der Waals surface area contributed by atoms with E-state index in [0.717, 1.165) is 0 Å². The fourth-order valence-electron chi connectivity index (χ4n) is 3.03. The number of nitrogens with one attached hydrogen (secondary N) is 1. The minimum Gasteiger partial charge on any atom is -0.478 e. The molecule has 2 aromatic heterocycles. The second-order valence-electron chi connectivity index (χ2n) is 7.75. The van der Waals surface area contributed by atoms with Crippen LogP contribution in [0.3, 0.4) is 0 Å². The van der Waals surface area contributed by atoms with Crippen LogP contribution in [-0.2, 0) is 4.74 Å². The molecule has 1 amide bonds. The molecule has 1 fully saturated rings. The number of fused-ring (bicyclic) bond motifs is 1. The summed E-state index contributed by atoms with van der Waals surface area (Å²) >= 11 is 5.88. The lowest BCUT2D eigenvalue weighted by Crippen LogP contribution is -2.44. The van der Waals surface area contributed by atoms with Gasteiger partial charge in [-0.2, -0.15) is 0 Å². The van der Waals surface area contributed by atoms with E-state index in [1.165, 1.54) is 6.07 Å². The van der Waals surface area contributed by atoms with Gasteiger partial charge in [0, 0.05) is 19.1 Å². The fraction of sp³-hybridized carbons (Fsp3) is 0.474. The summed E-state index contributed by atoms with van der Waals surface area (Å²) in [7, 11) is 0. The van der Waals surface area contributed by atoms with Crippen LogP contribution in [0.25, 0.3) is 11.0 Å². The zero-order chi connectivity index (χ0) is 20.5. The monoisotopic (exact) mass is 406 g/mol. The molecule has 0 saturated carbocycles. The maximum Gasteiger partial charge on any atom is 0.410 e. The highest BCUT2D eigenvalue weighted by Gasteiger charge is 2.27. The number of hydrogen-bond acceptors (Lipinski definition) is 6. The van der Waals surface area contributed by atoms with Gasteiger partial charge in [0.2, 0.25) is 0 Å². The van der Waals surface area contributed by atoms with Crippen molar-refractivity contribution < 1.29 is 19.4 Å². The van der Waals surface area contributed by atoms with Gasteiger partial charge in [-0.1, -0.05) is 11.6 Å². The summed E-state index contributed by atoms with van der Waals surface area (Å²) in [6.45, 7) is 6.56. The predicted octanol–water partition coefficient (Wildman–Crippen LogP) is 3.79. The van der Waals surface area contributed by atoms with E-state index in [9.17, 15) is 14.7 Å². The average Bonchev–Trinajstić information content (AvgIpc) is 2.60. The number of anilines is 1. The van der Waals surface area contributed by atoms with Crippen molar-refractivity contribution in [2.45, 2.75) is 45.3 Å². The Labute approximate surface area is 167 Å². The zero-order valence-electron chi connectivity index (χ0n) is 16.0. The number of likely N-dealkylation sites (tertiary alicyclic amines) is 1. The standard InChI is InChI=1S/C19H23ClN4O4/c1-19(2,3)28-18(27)24-8-6-11(7-9-24)21-16-12(17(25)26)10-14-13(23-16)4-5-15(20)22-14/h4-5,10-11H,6-9H2,1-3H3,(H,21,23)(H,25,26). The Bertz CT molecular complexity index is 905. The molecule has 150 valence electrons. The molecule has 0 spiro atoms. The first-order valence-corrected chi connectivity index (χ1v) is 9.45. The second kappa shape index (κ2) is 7.79. The number of halogens is 1. The van der Waals surface area contributed by atoms with Crippen LogP contribution in [0.1, 0.15) is 44.0 Å². The third kappa shape index (κ3) is 4.81. The molecular weight excluding hydrogens is 384 g/mol. The number of piperidine rings is 1. The molecule has 0 aromatic carbocycles. The van der Waals surface area contributed by atoms with Crippen molar-refractivity contribution in [2.24, 2.45) is 0 Å². The Morgan fingerprint density at radius 3 is 2.50 bits per heavy atom. The first kappa shape index (κ1) is 20.1. The van der Waals surface area contributed by atoms with Crippen LogP contribution in [0.15, 0.2) is 18.2 Å². The van der Waals surface area contributed by atoms with Gasteiger partial charge < -0.3 is 20.1 Å². The lowest BCUT2D eigenvalue weighted by molar-refractivity contribution is 0.0210. The minimum absolute atomic E-state index is 0.00185. The molecule has 1 aliphatic rings. The molecule has 2 aromatic rings. The third-order valence-electron chi connectivity index (χ3n) is 4.35. The highest BCUT2D eigenvalue weighted by atomic mass is 35.5. The molecular formula is C19H23ClN4O4. The number of aromatic nitrogens is 2. The van der Waals surface area contributed by atoms with E-state index in [-0.39, 0.29) is 22.9 Å². The Hall–Kier alpha value is -2.61. The van der Waals surface area contributed by atoms with Crippen molar-refractivity contribution in [1.29, 1.82) is 0 Å². The lowest BCUT2D eigenvalue weighted by Gasteiger charge is -2.34. The molecule has 8 nitrogen and oxygen atoms in total. The molecule has 28 heavy (non-hydrogen) atoms. The van der Waals surface area contributed by atoms with E-state index in [4.69, 9.17) is 16.3 Å². The van der Waals surface area contributed by atoms with Crippen molar-refractivity contribution in [2.75, 3.05) is 18.4 Å². The van der Waals surface area contributed by atoms with Crippen LogP contribution in [0.2, 0.25) is 5.15 Å². The number of hydrogen-bond donors (Lipinski definition) is 2. The number of pyridine rings is 2. The molecule has 0 atom stereocenters. The van der Waals surface area contributed by atoms with E-state index in [1.807, 2.05) is 20.8 Å². The van der Waals surface area contributed by atoms with Gasteiger partial charge in [0.15, 0.2) is 0 Å². The fourth-order valence-corrected chi connectivity index (χ4v) is 3.18. The third-order valence-corrected chi connectivity index (χ3v) is 4.57. The van der Waals surface area contributed by atoms with Gasteiger partial charge in [-0.3, -0.25) is 0 Å². The first-order chi connectivity index (χ1) is 13.1. The van der Waals surface area contributed by atoms with Gasteiger partial charge in [-0.25, -0.2) is 19.6 Å². The zero-order valence-corrected chi connectivity index (χ0v) is 16.8. The van der Waals surface area contributed by atoms with Gasteiger partial charge in [0.1, 0.15) is 22.1 Å². The average molecular weight is 407 g/mol. The molecule has 1 aliphatic heterocycles. The van der Waals surface area contributed by atoms with E-state index < -0.39 is 11.6 Å². The predicted molar refractivity (Wildman–Crippen MR) is 106 cm³/mol. The van der Waals surface area contributed by atoms with Crippen molar-refractivity contribution in [3.63, 3.8) is 0 Å². The van der Waals surface area contributed by atoms with Crippen LogP contribution >= 0.6 is 11.6 Å². The first-order valence-electron chi connectivity index (χ1n) is 9.07. The Morgan fingerprint density at radius 2 is 1.89 bits per heavy atom. The molecule has 0 unspecified atom stereocenters. The van der Waals surface area contributed by atoms with Crippen LogP contribution < -0.4 is 5.32 Å². The number of aromatic carboxylic acids is 1. The summed E-state index contributed by atoms with van der Waals surface area (Å²) in [4.78, 5) is 34.0. The Balaban J connectivity index is 1.71. The topological polar surface area (TPSA) is 105 Å². The van der Waals surface area contributed by atoms with Gasteiger partial charge in [0.25, 0.3) is 0 Å². The molecule has 0 radical (unpaired) electrons. The minimum atomic E-state index is -1.09. The quantitative estimate of drug-likeness (QED) is 0.747. The SMILES string of the molecule is CC(C)(C)OC(=O)N1CCC(Nc2nc3ccc(Cl)nc3cc2C(=O)O)CC1. The number of nitrogens with zero attached hydrogens (tertiary/aromatic N) is 3. The van der Waals surface area contributed by atoms with Gasteiger partial charge in [-0.15, -0.1) is 0 Å². The van der Waals surface area contributed by atoms with Gasteiger partial charge in [0.05, 0.1) is 11.0 Å². The van der Waals surface area contributed by atoms with E-state index in [1.54, 1.807) is 17.0 Å². The maximum absolute atomic E-state index is 12.2. The van der Waals surface area contributed by atoms with Crippen LogP contribution in [-0.4, -0.2) is 56.8 Å². The number of carbonyl (C=O) groups is 2. The van der Waals surface area contributed by atoms with Crippen LogP contribution in [0, 0.1) is 0 Å². The summed E-state index contributed by atoms with van der Waals surface area (Å²) in [5.41, 5.74) is 0.490. The van der Waals surface area contributed by atoms with E-state index in [0.29, 0.717) is 42.8 Å². The number of carboxylic acids is 1. The summed E-state index contributed by atoms with van der Waals surface area (Å²) in [5, 5.41) is 13.0. The van der Waals surface area contributed by atoms with Crippen molar-refractivity contribution >= 4 is 40.5 Å². The Kier molecular flexibility index (Phi) is 5.60. The number of ether oxygens (including phenoxy) is 1. The number of carboxylic acid groups (broad SMARTS) is 1. The summed E-state index contributed by atoms with van der Waals surface area (Å²) in [6.07, 6.45) is 0.997. The van der Waals surface area contributed by atoms with Crippen molar-refractivity contribution in [3.05, 3.63) is 28.9 Å². The highest BCUT2D eigenvalue weighted by Crippen LogP contribution is 2.24. The van der Waals surface area contributed by atoms with E-state index >= 15 is 0 Å². The molecule has 0 aliphatic carbocycles. The van der Waals surface area contributed by atoms with Gasteiger partial charge in [-0.05, 0) is 51.8 Å². The van der Waals surface area contributed by atoms with Crippen LogP contribution in [0.4, 0.5) is 10.6 Å². The Morgan fingerprint density at radius 1 is 1.21 bits per heavy atom. The highest BCUT2D eigenvalue weighted by molar-refractivity contribution is 6.29. The van der Waals surface area contributed by atoms with Crippen molar-refractivity contribution in [1.82, 2.24) is 14.9 Å². The van der Waals surface area contributed by atoms with E-state index in [2.05, 4.69) is 15.3 Å².